The van der Waals surface area contributed by atoms with Crippen molar-refractivity contribution in [3.63, 3.8) is 0 Å². The first-order chi connectivity index (χ1) is 22.0. The number of halogens is 3. The molecule has 5 rings (SSSR count). The van der Waals surface area contributed by atoms with Gasteiger partial charge < -0.3 is 10.1 Å². The summed E-state index contributed by atoms with van der Waals surface area (Å²) in [6.07, 6.45) is -4.10. The van der Waals surface area contributed by atoms with Crippen LogP contribution in [0.25, 0.3) is 11.1 Å². The fraction of sp³-hybridized carbons (Fsp3) is 0.235. The standard InChI is InChI=1S/C34H31F3N2O5S2/c1-2-44-32(40)18-19-45-31-13-6-4-9-26(31)22-38-33(41)30-21-25-8-3-5-12-29(25)39(30)46(42,43)28-16-14-23(15-17-28)24-10-7-11-27(20-24)34(35,36)37/h3-17,20,30H,2,18-19,21-22H2,1H3,(H,38,41)/t30-/m0/s1. The minimum Gasteiger partial charge on any atom is -0.466 e. The molecule has 0 radical (unpaired) electrons. The Morgan fingerprint density at radius 2 is 1.65 bits per heavy atom. The maximum absolute atomic E-state index is 14.0. The van der Waals surface area contributed by atoms with Crippen LogP contribution in [-0.2, 0) is 43.5 Å². The molecule has 1 N–H and O–H groups in total. The number of hydrogen-bond acceptors (Lipinski definition) is 6. The van der Waals surface area contributed by atoms with Crippen molar-refractivity contribution in [3.8, 4) is 11.1 Å². The van der Waals surface area contributed by atoms with Crippen LogP contribution in [-0.4, -0.2) is 38.7 Å². The highest BCUT2D eigenvalue weighted by molar-refractivity contribution is 7.99. The number of hydrogen-bond donors (Lipinski definition) is 1. The number of carbonyl (C=O) groups excluding carboxylic acids is 2. The van der Waals surface area contributed by atoms with Crippen molar-refractivity contribution in [1.82, 2.24) is 5.32 Å². The Kier molecular flexibility index (Phi) is 10.1. The Hall–Kier alpha value is -4.29. The molecule has 0 saturated carbocycles. The molecule has 1 amide bonds. The number of sulfonamides is 1. The van der Waals surface area contributed by atoms with E-state index in [1.54, 1.807) is 31.2 Å². The van der Waals surface area contributed by atoms with E-state index in [0.717, 1.165) is 26.9 Å². The van der Waals surface area contributed by atoms with Crippen molar-refractivity contribution < 1.29 is 35.9 Å². The number of benzene rings is 4. The smallest absolute Gasteiger partial charge is 0.416 e. The van der Waals surface area contributed by atoms with Crippen LogP contribution >= 0.6 is 11.8 Å². The van der Waals surface area contributed by atoms with Crippen LogP contribution in [0.15, 0.2) is 107 Å². The summed E-state index contributed by atoms with van der Waals surface area (Å²) >= 11 is 1.46. The molecule has 7 nitrogen and oxygen atoms in total. The molecule has 240 valence electrons. The van der Waals surface area contributed by atoms with Gasteiger partial charge in [-0.05, 0) is 65.6 Å². The number of alkyl halides is 3. The lowest BCUT2D eigenvalue weighted by Gasteiger charge is -2.26. The normalized spacial score (nSPS) is 14.5. The third kappa shape index (κ3) is 7.39. The Morgan fingerprint density at radius 3 is 2.39 bits per heavy atom. The molecule has 1 atom stereocenters. The lowest BCUT2D eigenvalue weighted by molar-refractivity contribution is -0.142. The molecule has 0 aliphatic carbocycles. The summed E-state index contributed by atoms with van der Waals surface area (Å²) in [5.74, 6) is -0.264. The van der Waals surface area contributed by atoms with Gasteiger partial charge in [-0.15, -0.1) is 11.8 Å². The predicted molar refractivity (Wildman–Crippen MR) is 171 cm³/mol. The van der Waals surface area contributed by atoms with Gasteiger partial charge >= 0.3 is 12.1 Å². The molecule has 12 heteroatoms. The number of amides is 1. The highest BCUT2D eigenvalue weighted by Crippen LogP contribution is 2.38. The minimum atomic E-state index is -4.51. The molecule has 1 aliphatic rings. The zero-order valence-electron chi connectivity index (χ0n) is 24.8. The summed E-state index contributed by atoms with van der Waals surface area (Å²) in [4.78, 5) is 26.2. The van der Waals surface area contributed by atoms with Gasteiger partial charge in [-0.25, -0.2) is 8.42 Å². The molecule has 1 aliphatic heterocycles. The molecule has 0 fully saturated rings. The number of anilines is 1. The van der Waals surface area contributed by atoms with Crippen molar-refractivity contribution in [3.05, 3.63) is 114 Å². The monoisotopic (exact) mass is 668 g/mol. The van der Waals surface area contributed by atoms with Crippen molar-refractivity contribution in [2.75, 3.05) is 16.7 Å². The summed E-state index contributed by atoms with van der Waals surface area (Å²) in [7, 11) is -4.25. The third-order valence-corrected chi connectivity index (χ3v) is 10.4. The number of esters is 1. The van der Waals surface area contributed by atoms with Gasteiger partial charge in [0.2, 0.25) is 5.91 Å². The first-order valence-electron chi connectivity index (χ1n) is 14.5. The van der Waals surface area contributed by atoms with Gasteiger partial charge in [-0.3, -0.25) is 13.9 Å². The van der Waals surface area contributed by atoms with E-state index in [1.165, 1.54) is 48.2 Å². The van der Waals surface area contributed by atoms with Gasteiger partial charge in [0.1, 0.15) is 6.04 Å². The van der Waals surface area contributed by atoms with E-state index in [-0.39, 0.29) is 30.3 Å². The quantitative estimate of drug-likeness (QED) is 0.139. The second kappa shape index (κ2) is 14.0. The number of thioether (sulfide) groups is 1. The van der Waals surface area contributed by atoms with Crippen LogP contribution in [0.4, 0.5) is 18.9 Å². The van der Waals surface area contributed by atoms with Gasteiger partial charge in [-0.1, -0.05) is 60.7 Å². The largest absolute Gasteiger partial charge is 0.466 e. The second-order valence-electron chi connectivity index (χ2n) is 10.5. The number of fused-ring (bicyclic) bond motifs is 1. The van der Waals surface area contributed by atoms with E-state index in [4.69, 9.17) is 4.74 Å². The van der Waals surface area contributed by atoms with Crippen LogP contribution in [0.5, 0.6) is 0 Å². The van der Waals surface area contributed by atoms with Gasteiger partial charge in [-0.2, -0.15) is 13.2 Å². The average molecular weight is 669 g/mol. The lowest BCUT2D eigenvalue weighted by Crippen LogP contribution is -2.47. The minimum absolute atomic E-state index is 0.0962. The summed E-state index contributed by atoms with van der Waals surface area (Å²) in [5, 5.41) is 2.90. The molecule has 0 aromatic heterocycles. The molecule has 0 saturated heterocycles. The number of ether oxygens (including phenoxy) is 1. The van der Waals surface area contributed by atoms with E-state index in [1.807, 2.05) is 24.3 Å². The predicted octanol–water partition coefficient (Wildman–Crippen LogP) is 6.85. The van der Waals surface area contributed by atoms with Crippen LogP contribution in [0, 0.1) is 0 Å². The number of nitrogens with one attached hydrogen (secondary N) is 1. The number of carbonyl (C=O) groups is 2. The average Bonchev–Trinajstić information content (AvgIpc) is 3.45. The number of rotatable bonds is 11. The van der Waals surface area contributed by atoms with E-state index in [0.29, 0.717) is 34.7 Å². The van der Waals surface area contributed by atoms with Crippen LogP contribution in [0.2, 0.25) is 0 Å². The zero-order chi connectivity index (χ0) is 32.9. The topological polar surface area (TPSA) is 92.8 Å². The molecular formula is C34H31F3N2O5S2. The van der Waals surface area contributed by atoms with Crippen LogP contribution in [0.1, 0.15) is 30.0 Å². The van der Waals surface area contributed by atoms with Crippen LogP contribution < -0.4 is 9.62 Å². The van der Waals surface area contributed by atoms with Crippen molar-refractivity contribution in [2.45, 2.75) is 48.3 Å². The molecule has 0 spiro atoms. The van der Waals surface area contributed by atoms with Crippen molar-refractivity contribution in [1.29, 1.82) is 0 Å². The van der Waals surface area contributed by atoms with Crippen molar-refractivity contribution in [2.24, 2.45) is 0 Å². The molecule has 4 aromatic rings. The summed E-state index contributed by atoms with van der Waals surface area (Å²) in [6.45, 7) is 2.21. The van der Waals surface area contributed by atoms with E-state index < -0.39 is 33.7 Å². The Balaban J connectivity index is 1.35. The van der Waals surface area contributed by atoms with E-state index in [9.17, 15) is 31.2 Å². The molecular weight excluding hydrogens is 638 g/mol. The fourth-order valence-electron chi connectivity index (χ4n) is 5.23. The Morgan fingerprint density at radius 1 is 0.935 bits per heavy atom. The fourth-order valence-corrected chi connectivity index (χ4v) is 7.87. The Labute approximate surface area is 269 Å². The lowest BCUT2D eigenvalue weighted by atomic mass is 10.0. The molecule has 4 aromatic carbocycles. The highest BCUT2D eigenvalue weighted by Gasteiger charge is 2.42. The maximum atomic E-state index is 14.0. The summed E-state index contributed by atoms with van der Waals surface area (Å²) in [6, 6.07) is 23.7. The Bertz CT molecular complexity index is 1830. The SMILES string of the molecule is CCOC(=O)CCSc1ccccc1CNC(=O)[C@@H]1Cc2ccccc2N1S(=O)(=O)c1ccc(-c2cccc(C(F)(F)F)c2)cc1. The second-order valence-corrected chi connectivity index (χ2v) is 13.4. The van der Waals surface area contributed by atoms with Gasteiger partial charge in [0.05, 0.1) is 29.2 Å². The first kappa shape index (κ1) is 33.1. The molecule has 1 heterocycles. The molecule has 0 bridgehead atoms. The number of nitrogens with zero attached hydrogens (tertiary/aromatic N) is 1. The van der Waals surface area contributed by atoms with Gasteiger partial charge in [0.15, 0.2) is 0 Å². The van der Waals surface area contributed by atoms with Crippen LogP contribution in [0.3, 0.4) is 0 Å². The zero-order valence-corrected chi connectivity index (χ0v) is 26.4. The van der Waals surface area contributed by atoms with Gasteiger partial charge in [0.25, 0.3) is 10.0 Å². The summed E-state index contributed by atoms with van der Waals surface area (Å²) < 4.78 is 73.9. The first-order valence-corrected chi connectivity index (χ1v) is 17.0. The van der Waals surface area contributed by atoms with E-state index in [2.05, 4.69) is 5.32 Å². The molecule has 0 unspecified atom stereocenters. The third-order valence-electron chi connectivity index (χ3n) is 7.46. The van der Waals surface area contributed by atoms with Crippen molar-refractivity contribution >= 4 is 39.3 Å². The molecule has 46 heavy (non-hydrogen) atoms. The number of para-hydroxylation sites is 1. The van der Waals surface area contributed by atoms with E-state index >= 15 is 0 Å². The highest BCUT2D eigenvalue weighted by atomic mass is 32.2. The summed E-state index contributed by atoms with van der Waals surface area (Å²) in [5.41, 5.74) is 1.81. The maximum Gasteiger partial charge on any atom is 0.416 e. The van der Waals surface area contributed by atoms with Gasteiger partial charge in [0, 0.05) is 23.6 Å².